The zero-order chi connectivity index (χ0) is 17.3. The molecule has 0 saturated heterocycles. The maximum Gasteiger partial charge on any atom is 0.219 e. The molecule has 1 aliphatic rings. The lowest BCUT2D eigenvalue weighted by molar-refractivity contribution is -0.132. The summed E-state index contributed by atoms with van der Waals surface area (Å²) in [5, 5.41) is 1.61. The van der Waals surface area contributed by atoms with Crippen molar-refractivity contribution in [2.45, 2.75) is 65.5 Å². The first-order chi connectivity index (χ1) is 11.5. The summed E-state index contributed by atoms with van der Waals surface area (Å²) in [5.74, 6) is 0.124. The zero-order valence-corrected chi connectivity index (χ0v) is 15.5. The second-order valence-corrected chi connectivity index (χ2v) is 7.39. The number of halogens is 1. The van der Waals surface area contributed by atoms with E-state index < -0.39 is 0 Å². The molecular weight excluding hydrogens is 320 g/mol. The molecule has 1 amide bonds. The molecular formula is C20H25ClN2O. The van der Waals surface area contributed by atoms with Gasteiger partial charge in [0.1, 0.15) is 5.15 Å². The second-order valence-electron chi connectivity index (χ2n) is 7.03. The first kappa shape index (κ1) is 17.2. The van der Waals surface area contributed by atoms with Crippen molar-refractivity contribution >= 4 is 28.4 Å². The molecule has 0 atom stereocenters. The van der Waals surface area contributed by atoms with Crippen LogP contribution in [0.5, 0.6) is 0 Å². The van der Waals surface area contributed by atoms with Gasteiger partial charge in [0.15, 0.2) is 0 Å². The van der Waals surface area contributed by atoms with Gasteiger partial charge in [0.2, 0.25) is 5.91 Å². The van der Waals surface area contributed by atoms with Crippen molar-refractivity contribution in [1.29, 1.82) is 0 Å². The highest BCUT2D eigenvalue weighted by molar-refractivity contribution is 6.30. The first-order valence-electron chi connectivity index (χ1n) is 8.79. The number of rotatable bonds is 3. The van der Waals surface area contributed by atoms with Crippen LogP contribution in [0.15, 0.2) is 18.2 Å². The third-order valence-electron chi connectivity index (χ3n) is 5.04. The Balaban J connectivity index is 1.95. The zero-order valence-electron chi connectivity index (χ0n) is 14.7. The summed E-state index contributed by atoms with van der Waals surface area (Å²) >= 11 is 6.45. The lowest BCUT2D eigenvalue weighted by Gasteiger charge is -2.34. The van der Waals surface area contributed by atoms with Crippen LogP contribution in [0, 0.1) is 13.8 Å². The van der Waals surface area contributed by atoms with Crippen LogP contribution in [0.2, 0.25) is 5.15 Å². The molecule has 0 bridgehead atoms. The minimum absolute atomic E-state index is 0.124. The van der Waals surface area contributed by atoms with Crippen molar-refractivity contribution in [1.82, 2.24) is 9.88 Å². The third kappa shape index (κ3) is 3.56. The van der Waals surface area contributed by atoms with E-state index in [4.69, 9.17) is 11.6 Å². The standard InChI is InChI=1S/C20H25ClN2O/c1-13-9-14(2)19-16(10-13)11-17(20(21)22-19)12-23(15(3)24)18-7-5-4-6-8-18/h9-11,18H,4-8,12H2,1-3H3. The molecule has 0 aliphatic heterocycles. The van der Waals surface area contributed by atoms with Crippen LogP contribution in [-0.2, 0) is 11.3 Å². The van der Waals surface area contributed by atoms with Gasteiger partial charge in [-0.05, 0) is 44.4 Å². The molecule has 3 nitrogen and oxygen atoms in total. The first-order valence-corrected chi connectivity index (χ1v) is 9.17. The lowest BCUT2D eigenvalue weighted by atomic mass is 9.93. The number of amides is 1. The van der Waals surface area contributed by atoms with Gasteiger partial charge in [-0.1, -0.05) is 42.5 Å². The molecule has 3 rings (SSSR count). The van der Waals surface area contributed by atoms with Crippen molar-refractivity contribution in [3.8, 4) is 0 Å². The number of hydrogen-bond donors (Lipinski definition) is 0. The van der Waals surface area contributed by atoms with Crippen LogP contribution >= 0.6 is 11.6 Å². The minimum atomic E-state index is 0.124. The number of fused-ring (bicyclic) bond motifs is 1. The smallest absolute Gasteiger partial charge is 0.219 e. The topological polar surface area (TPSA) is 33.2 Å². The molecule has 2 aromatic rings. The molecule has 0 N–H and O–H groups in total. The third-order valence-corrected chi connectivity index (χ3v) is 5.37. The molecule has 1 aromatic heterocycles. The number of benzene rings is 1. The molecule has 0 spiro atoms. The fraction of sp³-hybridized carbons (Fsp3) is 0.500. The average molecular weight is 345 g/mol. The SMILES string of the molecule is CC(=O)N(Cc1cc2cc(C)cc(C)c2nc1Cl)C1CCCCC1. The minimum Gasteiger partial charge on any atom is -0.336 e. The summed E-state index contributed by atoms with van der Waals surface area (Å²) < 4.78 is 0. The number of aromatic nitrogens is 1. The Kier molecular flexibility index (Phi) is 5.09. The number of carbonyl (C=O) groups excluding carboxylic acids is 1. The van der Waals surface area contributed by atoms with Crippen LogP contribution in [0.25, 0.3) is 10.9 Å². The van der Waals surface area contributed by atoms with Crippen LogP contribution in [0.3, 0.4) is 0 Å². The molecule has 1 heterocycles. The van der Waals surface area contributed by atoms with E-state index in [2.05, 4.69) is 37.0 Å². The lowest BCUT2D eigenvalue weighted by Crippen LogP contribution is -2.39. The van der Waals surface area contributed by atoms with E-state index in [9.17, 15) is 4.79 Å². The number of nitrogens with zero attached hydrogens (tertiary/aromatic N) is 2. The Labute approximate surface area is 149 Å². The van der Waals surface area contributed by atoms with Crippen molar-refractivity contribution in [2.24, 2.45) is 0 Å². The van der Waals surface area contributed by atoms with E-state index >= 15 is 0 Å². The summed E-state index contributed by atoms with van der Waals surface area (Å²) in [6.45, 7) is 6.35. The van der Waals surface area contributed by atoms with Crippen molar-refractivity contribution in [3.05, 3.63) is 40.0 Å². The van der Waals surface area contributed by atoms with Gasteiger partial charge >= 0.3 is 0 Å². The molecule has 4 heteroatoms. The van der Waals surface area contributed by atoms with Gasteiger partial charge in [0.25, 0.3) is 0 Å². The summed E-state index contributed by atoms with van der Waals surface area (Å²) in [6.07, 6.45) is 5.87. The van der Waals surface area contributed by atoms with Gasteiger partial charge in [0.05, 0.1) is 5.52 Å². The van der Waals surface area contributed by atoms with Gasteiger partial charge in [-0.25, -0.2) is 4.98 Å². The summed E-state index contributed by atoms with van der Waals surface area (Å²) in [5.41, 5.74) is 4.23. The maximum absolute atomic E-state index is 12.2. The van der Waals surface area contributed by atoms with E-state index in [-0.39, 0.29) is 5.91 Å². The molecule has 1 fully saturated rings. The summed E-state index contributed by atoms with van der Waals surface area (Å²) in [6, 6.07) is 6.69. The van der Waals surface area contributed by atoms with E-state index in [1.54, 1.807) is 6.92 Å². The largest absolute Gasteiger partial charge is 0.336 e. The number of pyridine rings is 1. The van der Waals surface area contributed by atoms with Gasteiger partial charge in [0, 0.05) is 30.5 Å². The molecule has 24 heavy (non-hydrogen) atoms. The molecule has 1 aliphatic carbocycles. The number of carbonyl (C=O) groups is 1. The molecule has 0 unspecified atom stereocenters. The number of aryl methyl sites for hydroxylation is 2. The van der Waals surface area contributed by atoms with E-state index in [1.165, 1.54) is 24.8 Å². The van der Waals surface area contributed by atoms with Crippen molar-refractivity contribution < 1.29 is 4.79 Å². The highest BCUT2D eigenvalue weighted by Gasteiger charge is 2.24. The normalized spacial score (nSPS) is 15.7. The van der Waals surface area contributed by atoms with E-state index in [0.29, 0.717) is 17.7 Å². The van der Waals surface area contributed by atoms with Crippen LogP contribution in [0.4, 0.5) is 0 Å². The fourth-order valence-electron chi connectivity index (χ4n) is 3.86. The molecule has 128 valence electrons. The predicted octanol–water partition coefficient (Wildman–Crippen LogP) is 5.19. The van der Waals surface area contributed by atoms with Crippen LogP contribution < -0.4 is 0 Å². The van der Waals surface area contributed by atoms with Crippen molar-refractivity contribution in [3.63, 3.8) is 0 Å². The van der Waals surface area contributed by atoms with Crippen LogP contribution in [-0.4, -0.2) is 21.8 Å². The van der Waals surface area contributed by atoms with E-state index in [0.717, 1.165) is 34.9 Å². The van der Waals surface area contributed by atoms with Gasteiger partial charge in [-0.2, -0.15) is 0 Å². The highest BCUT2D eigenvalue weighted by atomic mass is 35.5. The summed E-state index contributed by atoms with van der Waals surface area (Å²) in [4.78, 5) is 18.8. The molecule has 0 radical (unpaired) electrons. The van der Waals surface area contributed by atoms with E-state index in [1.807, 2.05) is 4.90 Å². The summed E-state index contributed by atoms with van der Waals surface area (Å²) in [7, 11) is 0. The average Bonchev–Trinajstić information content (AvgIpc) is 2.54. The van der Waals surface area contributed by atoms with Gasteiger partial charge < -0.3 is 4.90 Å². The molecule has 1 saturated carbocycles. The predicted molar refractivity (Wildman–Crippen MR) is 99.3 cm³/mol. The second kappa shape index (κ2) is 7.10. The highest BCUT2D eigenvalue weighted by Crippen LogP contribution is 2.28. The Bertz CT molecular complexity index is 766. The Morgan fingerprint density at radius 1 is 1.21 bits per heavy atom. The van der Waals surface area contributed by atoms with Crippen molar-refractivity contribution in [2.75, 3.05) is 0 Å². The van der Waals surface area contributed by atoms with Gasteiger partial charge in [-0.15, -0.1) is 0 Å². The fourth-order valence-corrected chi connectivity index (χ4v) is 4.06. The molecule has 1 aromatic carbocycles. The quantitative estimate of drug-likeness (QED) is 0.718. The Morgan fingerprint density at radius 3 is 2.58 bits per heavy atom. The Hall–Kier alpha value is -1.61. The maximum atomic E-state index is 12.2. The van der Waals surface area contributed by atoms with Gasteiger partial charge in [-0.3, -0.25) is 4.79 Å². The monoisotopic (exact) mass is 344 g/mol. The Morgan fingerprint density at radius 2 is 1.92 bits per heavy atom. The van der Waals surface area contributed by atoms with Crippen LogP contribution in [0.1, 0.15) is 55.7 Å². The number of hydrogen-bond acceptors (Lipinski definition) is 2.